The number of aliphatic hydroxyl groups is 1. The van der Waals surface area contributed by atoms with Crippen molar-refractivity contribution in [3.8, 4) is 0 Å². The van der Waals surface area contributed by atoms with Gasteiger partial charge in [-0.3, -0.25) is 0 Å². The summed E-state index contributed by atoms with van der Waals surface area (Å²) in [6.07, 6.45) is 5.30. The van der Waals surface area contributed by atoms with Crippen LogP contribution in [0.25, 0.3) is 10.9 Å². The fraction of sp³-hybridized carbons (Fsp3) is 0.333. The molecule has 0 saturated heterocycles. The van der Waals surface area contributed by atoms with Crippen LogP contribution in [0.15, 0.2) is 54.7 Å². The first-order valence-electron chi connectivity index (χ1n) is 8.90. The number of benzene rings is 2. The lowest BCUT2D eigenvalue weighted by Gasteiger charge is -2.06. The second-order valence-electron chi connectivity index (χ2n) is 6.39. The van der Waals surface area contributed by atoms with Crippen LogP contribution in [0.5, 0.6) is 0 Å². The highest BCUT2D eigenvalue weighted by Gasteiger charge is 2.08. The van der Waals surface area contributed by atoms with Crippen molar-refractivity contribution in [3.63, 3.8) is 0 Å². The molecular weight excluding hydrogens is 332 g/mol. The Bertz CT molecular complexity index is 813. The Kier molecular flexibility index (Phi) is 6.51. The molecule has 0 bridgehead atoms. The number of unbranched alkanes of at least 4 members (excludes halogenated alkanes) is 2. The van der Waals surface area contributed by atoms with Crippen molar-refractivity contribution < 1.29 is 5.11 Å². The number of nitrogens with one attached hydrogen (secondary N) is 1. The molecule has 0 amide bonds. The van der Waals surface area contributed by atoms with E-state index in [2.05, 4.69) is 46.4 Å². The second-order valence-corrected chi connectivity index (χ2v) is 6.83. The Morgan fingerprint density at radius 3 is 2.72 bits per heavy atom. The molecule has 25 heavy (non-hydrogen) atoms. The minimum Gasteiger partial charge on any atom is -0.396 e. The van der Waals surface area contributed by atoms with Crippen molar-refractivity contribution in [2.75, 3.05) is 13.2 Å². The summed E-state index contributed by atoms with van der Waals surface area (Å²) in [5, 5.41) is 14.4. The van der Waals surface area contributed by atoms with Gasteiger partial charge in [0.1, 0.15) is 0 Å². The van der Waals surface area contributed by atoms with Crippen LogP contribution in [0.4, 0.5) is 0 Å². The smallest absolute Gasteiger partial charge is 0.0486 e. The number of hydrogen-bond donors (Lipinski definition) is 2. The Balaban J connectivity index is 1.71. The zero-order valence-electron chi connectivity index (χ0n) is 14.4. The third-order valence-corrected chi connectivity index (χ3v) is 4.68. The van der Waals surface area contributed by atoms with Crippen molar-refractivity contribution >= 4 is 22.5 Å². The van der Waals surface area contributed by atoms with Gasteiger partial charge in [-0.05, 0) is 55.1 Å². The standard InChI is InChI=1S/C21H25ClN2O/c22-19-8-6-7-17(13-19)15-24-16-18(14-23-11-4-1-5-12-25)20-9-2-3-10-21(20)24/h2-3,6-10,13,16,23,25H,1,4-5,11-12,14-15H2. The fourth-order valence-corrected chi connectivity index (χ4v) is 3.40. The molecular formula is C21H25ClN2O. The van der Waals surface area contributed by atoms with E-state index in [1.165, 1.54) is 22.0 Å². The summed E-state index contributed by atoms with van der Waals surface area (Å²) in [4.78, 5) is 0. The predicted octanol–water partition coefficient (Wildman–Crippen LogP) is 4.60. The number of para-hydroxylation sites is 1. The van der Waals surface area contributed by atoms with Gasteiger partial charge in [-0.25, -0.2) is 0 Å². The number of nitrogens with zero attached hydrogens (tertiary/aromatic N) is 1. The van der Waals surface area contributed by atoms with Crippen molar-refractivity contribution in [1.82, 2.24) is 9.88 Å². The molecule has 0 aliphatic rings. The van der Waals surface area contributed by atoms with E-state index >= 15 is 0 Å². The van der Waals surface area contributed by atoms with Gasteiger partial charge >= 0.3 is 0 Å². The average molecular weight is 357 g/mol. The third-order valence-electron chi connectivity index (χ3n) is 4.44. The van der Waals surface area contributed by atoms with Gasteiger partial charge in [-0.1, -0.05) is 41.9 Å². The molecule has 132 valence electrons. The summed E-state index contributed by atoms with van der Waals surface area (Å²) < 4.78 is 2.30. The van der Waals surface area contributed by atoms with Crippen molar-refractivity contribution in [1.29, 1.82) is 0 Å². The van der Waals surface area contributed by atoms with Crippen LogP contribution in [-0.2, 0) is 13.1 Å². The average Bonchev–Trinajstić information content (AvgIpc) is 2.96. The Morgan fingerprint density at radius 1 is 1.00 bits per heavy atom. The van der Waals surface area contributed by atoms with Crippen molar-refractivity contribution in [2.24, 2.45) is 0 Å². The lowest BCUT2D eigenvalue weighted by atomic mass is 10.1. The molecule has 0 atom stereocenters. The Labute approximate surface area is 154 Å². The topological polar surface area (TPSA) is 37.2 Å². The summed E-state index contributed by atoms with van der Waals surface area (Å²) in [5.41, 5.74) is 3.77. The monoisotopic (exact) mass is 356 g/mol. The van der Waals surface area contributed by atoms with Gasteiger partial charge in [0.05, 0.1) is 0 Å². The van der Waals surface area contributed by atoms with E-state index in [9.17, 15) is 0 Å². The summed E-state index contributed by atoms with van der Waals surface area (Å²) in [7, 11) is 0. The summed E-state index contributed by atoms with van der Waals surface area (Å²) >= 11 is 6.12. The maximum atomic E-state index is 8.83. The van der Waals surface area contributed by atoms with Gasteiger partial charge in [0, 0.05) is 41.8 Å². The minimum atomic E-state index is 0.289. The molecule has 0 unspecified atom stereocenters. The zero-order valence-corrected chi connectivity index (χ0v) is 15.2. The van der Waals surface area contributed by atoms with Crippen LogP contribution >= 0.6 is 11.6 Å². The van der Waals surface area contributed by atoms with Crippen LogP contribution in [0.3, 0.4) is 0 Å². The van der Waals surface area contributed by atoms with Gasteiger partial charge in [-0.2, -0.15) is 0 Å². The van der Waals surface area contributed by atoms with Crippen LogP contribution < -0.4 is 5.32 Å². The fourth-order valence-electron chi connectivity index (χ4n) is 3.19. The summed E-state index contributed by atoms with van der Waals surface area (Å²) in [6, 6.07) is 16.6. The summed E-state index contributed by atoms with van der Waals surface area (Å²) in [5.74, 6) is 0. The molecule has 1 heterocycles. The maximum Gasteiger partial charge on any atom is 0.0486 e. The van der Waals surface area contributed by atoms with Crippen molar-refractivity contribution in [2.45, 2.75) is 32.4 Å². The Hall–Kier alpha value is -1.81. The van der Waals surface area contributed by atoms with E-state index in [1.54, 1.807) is 0 Å². The number of hydrogen-bond acceptors (Lipinski definition) is 2. The normalized spacial score (nSPS) is 11.3. The molecule has 2 aromatic carbocycles. The van der Waals surface area contributed by atoms with Crippen LogP contribution in [0.1, 0.15) is 30.4 Å². The molecule has 3 rings (SSSR count). The summed E-state index contributed by atoms with van der Waals surface area (Å²) in [6.45, 7) is 2.95. The molecule has 0 spiro atoms. The number of aliphatic hydroxyl groups excluding tert-OH is 1. The predicted molar refractivity (Wildman–Crippen MR) is 105 cm³/mol. The van der Waals surface area contributed by atoms with E-state index in [-0.39, 0.29) is 6.61 Å². The Morgan fingerprint density at radius 2 is 1.88 bits per heavy atom. The van der Waals surface area contributed by atoms with Gasteiger partial charge in [0.2, 0.25) is 0 Å². The van der Waals surface area contributed by atoms with E-state index in [1.807, 2.05) is 18.2 Å². The SMILES string of the molecule is OCCCCCNCc1cn(Cc2cccc(Cl)c2)c2ccccc12. The molecule has 1 aromatic heterocycles. The largest absolute Gasteiger partial charge is 0.396 e. The van der Waals surface area contributed by atoms with Gasteiger partial charge in [0.15, 0.2) is 0 Å². The first kappa shape index (κ1) is 18.0. The quantitative estimate of drug-likeness (QED) is 0.550. The molecule has 4 heteroatoms. The molecule has 0 saturated carbocycles. The molecule has 3 nitrogen and oxygen atoms in total. The highest BCUT2D eigenvalue weighted by molar-refractivity contribution is 6.30. The maximum absolute atomic E-state index is 8.83. The van der Waals surface area contributed by atoms with Crippen LogP contribution in [-0.4, -0.2) is 22.8 Å². The number of aromatic nitrogens is 1. The first-order valence-corrected chi connectivity index (χ1v) is 9.28. The molecule has 0 aliphatic heterocycles. The number of rotatable bonds is 9. The highest BCUT2D eigenvalue weighted by Crippen LogP contribution is 2.23. The lowest BCUT2D eigenvalue weighted by Crippen LogP contribution is -2.14. The van der Waals surface area contributed by atoms with Gasteiger partial charge < -0.3 is 15.0 Å². The van der Waals surface area contributed by atoms with Crippen LogP contribution in [0.2, 0.25) is 5.02 Å². The molecule has 3 aromatic rings. The van der Waals surface area contributed by atoms with Crippen molar-refractivity contribution in [3.05, 3.63) is 70.9 Å². The molecule has 2 N–H and O–H groups in total. The van der Waals surface area contributed by atoms with Gasteiger partial charge in [0.25, 0.3) is 0 Å². The molecule has 0 fully saturated rings. The van der Waals surface area contributed by atoms with Crippen LogP contribution in [0, 0.1) is 0 Å². The first-order chi connectivity index (χ1) is 12.3. The second kappa shape index (κ2) is 9.04. The minimum absolute atomic E-state index is 0.289. The van der Waals surface area contributed by atoms with E-state index < -0.39 is 0 Å². The zero-order chi connectivity index (χ0) is 17.5. The highest BCUT2D eigenvalue weighted by atomic mass is 35.5. The molecule has 0 aliphatic carbocycles. The molecule has 0 radical (unpaired) electrons. The van der Waals surface area contributed by atoms with E-state index in [0.717, 1.165) is 43.9 Å². The van der Waals surface area contributed by atoms with E-state index in [4.69, 9.17) is 16.7 Å². The van der Waals surface area contributed by atoms with E-state index in [0.29, 0.717) is 0 Å². The lowest BCUT2D eigenvalue weighted by molar-refractivity contribution is 0.283. The number of fused-ring (bicyclic) bond motifs is 1. The number of halogens is 1. The van der Waals surface area contributed by atoms with Gasteiger partial charge in [-0.15, -0.1) is 0 Å². The third kappa shape index (κ3) is 4.85.